The van der Waals surface area contributed by atoms with Crippen LogP contribution in [0.25, 0.3) is 0 Å². The van der Waals surface area contributed by atoms with Crippen molar-refractivity contribution in [1.82, 2.24) is 16.0 Å². The Hall–Kier alpha value is -1.03. The Balaban J connectivity index is 1.51. The first kappa shape index (κ1) is 22.3. The number of fused-ring (bicyclic) bond motifs is 1. The first-order chi connectivity index (χ1) is 12.9. The van der Waals surface area contributed by atoms with Crippen LogP contribution in [0.3, 0.4) is 0 Å². The van der Waals surface area contributed by atoms with E-state index < -0.39 is 0 Å². The molecule has 5 N–H and O–H groups in total. The van der Waals surface area contributed by atoms with Crippen molar-refractivity contribution in [2.24, 2.45) is 5.73 Å². The molecule has 3 amide bonds. The normalized spacial score (nSPS) is 29.3. The van der Waals surface area contributed by atoms with Crippen molar-refractivity contribution in [3.63, 3.8) is 0 Å². The molecule has 3 unspecified atom stereocenters. The summed E-state index contributed by atoms with van der Waals surface area (Å²) in [6, 6.07) is -0.0714. The number of urea groups is 1. The molecule has 0 aromatic heterocycles. The van der Waals surface area contributed by atoms with Crippen molar-refractivity contribution < 1.29 is 19.1 Å². The minimum atomic E-state index is -0.220. The third kappa shape index (κ3) is 5.97. The number of carbonyl (C=O) groups is 2. The van der Waals surface area contributed by atoms with Gasteiger partial charge in [-0.3, -0.25) is 4.79 Å². The van der Waals surface area contributed by atoms with Crippen LogP contribution in [0.4, 0.5) is 4.79 Å². The highest BCUT2D eigenvalue weighted by atomic mass is 32.2. The van der Waals surface area contributed by atoms with Gasteiger partial charge in [-0.25, -0.2) is 4.79 Å². The minimum Gasteiger partial charge on any atom is -0.378 e. The molecule has 3 atom stereocenters. The van der Waals surface area contributed by atoms with Gasteiger partial charge in [0, 0.05) is 30.5 Å². The van der Waals surface area contributed by atoms with Crippen LogP contribution in [-0.4, -0.2) is 73.5 Å². The number of rotatable bonds is 13. The van der Waals surface area contributed by atoms with E-state index in [0.717, 1.165) is 25.0 Å². The maximum atomic E-state index is 11.9. The number of hydrogen-bond donors (Lipinski definition) is 4. The quantitative estimate of drug-likeness (QED) is 0.265. The SMILES string of the molecule is CC12CSC(CCCCC(=O)NCCOCCOCCN)C1(C)NC(=O)N2. The fourth-order valence-corrected chi connectivity index (χ4v) is 5.48. The lowest BCUT2D eigenvalue weighted by Crippen LogP contribution is -2.58. The average molecular weight is 403 g/mol. The number of nitrogens with one attached hydrogen (secondary N) is 3. The fourth-order valence-electron chi connectivity index (χ4n) is 3.58. The number of carbonyl (C=O) groups excluding carboxylic acids is 2. The predicted molar refractivity (Wildman–Crippen MR) is 107 cm³/mol. The Kier molecular flexibility index (Phi) is 8.65. The second-order valence-electron chi connectivity index (χ2n) is 7.52. The number of unbranched alkanes of at least 4 members (excludes halogenated alkanes) is 1. The van der Waals surface area contributed by atoms with Crippen LogP contribution in [0.5, 0.6) is 0 Å². The standard InChI is InChI=1S/C18H34N4O4S/c1-17-13-27-14(18(17,2)22-16(24)21-17)5-3-4-6-15(23)20-8-10-26-12-11-25-9-7-19/h14H,3-13,19H2,1-2H3,(H,20,23)(H2,21,22,24). The largest absolute Gasteiger partial charge is 0.378 e. The molecule has 27 heavy (non-hydrogen) atoms. The first-order valence-corrected chi connectivity index (χ1v) is 10.8. The van der Waals surface area contributed by atoms with Crippen LogP contribution in [0.15, 0.2) is 0 Å². The number of nitrogens with two attached hydrogens (primary N) is 1. The van der Waals surface area contributed by atoms with Crippen molar-refractivity contribution in [2.45, 2.75) is 55.9 Å². The molecule has 0 aromatic carbocycles. The highest BCUT2D eigenvalue weighted by molar-refractivity contribution is 8.00. The van der Waals surface area contributed by atoms with E-state index in [9.17, 15) is 9.59 Å². The highest BCUT2D eigenvalue weighted by Crippen LogP contribution is 2.47. The molecule has 2 saturated heterocycles. The van der Waals surface area contributed by atoms with Gasteiger partial charge >= 0.3 is 6.03 Å². The highest BCUT2D eigenvalue weighted by Gasteiger charge is 2.60. The Morgan fingerprint density at radius 2 is 1.96 bits per heavy atom. The molecular formula is C18H34N4O4S. The number of ether oxygens (including phenoxy) is 2. The maximum Gasteiger partial charge on any atom is 0.315 e. The van der Waals surface area contributed by atoms with Gasteiger partial charge in [-0.2, -0.15) is 11.8 Å². The molecule has 8 nitrogen and oxygen atoms in total. The summed E-state index contributed by atoms with van der Waals surface area (Å²) < 4.78 is 10.6. The van der Waals surface area contributed by atoms with Crippen LogP contribution < -0.4 is 21.7 Å². The molecule has 2 heterocycles. The Morgan fingerprint density at radius 1 is 1.22 bits per heavy atom. The zero-order chi connectivity index (χ0) is 19.8. The molecule has 2 fully saturated rings. The average Bonchev–Trinajstić information content (AvgIpc) is 2.98. The Morgan fingerprint density at radius 3 is 2.70 bits per heavy atom. The van der Waals surface area contributed by atoms with Crippen molar-refractivity contribution in [3.8, 4) is 0 Å². The van der Waals surface area contributed by atoms with Gasteiger partial charge in [0.25, 0.3) is 0 Å². The van der Waals surface area contributed by atoms with Gasteiger partial charge in [-0.05, 0) is 26.7 Å². The zero-order valence-corrected chi connectivity index (χ0v) is 17.3. The third-order valence-corrected chi connectivity index (χ3v) is 7.30. The molecule has 2 rings (SSSR count). The summed E-state index contributed by atoms with van der Waals surface area (Å²) in [5, 5.41) is 9.41. The number of amides is 3. The Labute approximate surface area is 166 Å². The van der Waals surface area contributed by atoms with Crippen molar-refractivity contribution in [3.05, 3.63) is 0 Å². The molecule has 0 radical (unpaired) electrons. The molecule has 0 saturated carbocycles. The topological polar surface area (TPSA) is 115 Å². The van der Waals surface area contributed by atoms with Crippen molar-refractivity contribution in [2.75, 3.05) is 45.3 Å². The molecule has 2 aliphatic rings. The second-order valence-corrected chi connectivity index (χ2v) is 8.71. The van der Waals surface area contributed by atoms with E-state index in [4.69, 9.17) is 15.2 Å². The second kappa shape index (κ2) is 10.5. The van der Waals surface area contributed by atoms with E-state index in [-0.39, 0.29) is 23.0 Å². The van der Waals surface area contributed by atoms with Gasteiger partial charge in [-0.15, -0.1) is 0 Å². The molecule has 2 aliphatic heterocycles. The molecule has 0 bridgehead atoms. The van der Waals surface area contributed by atoms with Crippen molar-refractivity contribution in [1.29, 1.82) is 0 Å². The molecule has 0 aliphatic carbocycles. The van der Waals surface area contributed by atoms with E-state index in [1.54, 1.807) is 0 Å². The minimum absolute atomic E-state index is 0.0592. The summed E-state index contributed by atoms with van der Waals surface area (Å²) in [5.74, 6) is 0.980. The van der Waals surface area contributed by atoms with E-state index >= 15 is 0 Å². The lowest BCUT2D eigenvalue weighted by atomic mass is 9.79. The molecule has 0 aromatic rings. The number of thioether (sulfide) groups is 1. The monoisotopic (exact) mass is 402 g/mol. The lowest BCUT2D eigenvalue weighted by Gasteiger charge is -2.35. The van der Waals surface area contributed by atoms with Crippen LogP contribution >= 0.6 is 11.8 Å². The summed E-state index contributed by atoms with van der Waals surface area (Å²) in [4.78, 5) is 23.6. The van der Waals surface area contributed by atoms with Crippen LogP contribution in [0.1, 0.15) is 39.5 Å². The first-order valence-electron chi connectivity index (χ1n) is 9.75. The summed E-state index contributed by atoms with van der Waals surface area (Å²) in [6.07, 6.45) is 3.35. The lowest BCUT2D eigenvalue weighted by molar-refractivity contribution is -0.121. The van der Waals surface area contributed by atoms with Gasteiger partial charge in [0.15, 0.2) is 0 Å². The smallest absolute Gasteiger partial charge is 0.315 e. The predicted octanol–water partition coefficient (Wildman–Crippen LogP) is 0.601. The summed E-state index contributed by atoms with van der Waals surface area (Å²) in [5.41, 5.74) is 4.91. The van der Waals surface area contributed by atoms with Gasteiger partial charge in [0.05, 0.1) is 37.5 Å². The van der Waals surface area contributed by atoms with E-state index in [1.807, 2.05) is 11.8 Å². The van der Waals surface area contributed by atoms with Gasteiger partial charge < -0.3 is 31.2 Å². The van der Waals surface area contributed by atoms with Crippen LogP contribution in [0.2, 0.25) is 0 Å². The molecular weight excluding hydrogens is 368 g/mol. The van der Waals surface area contributed by atoms with E-state index in [1.165, 1.54) is 0 Å². The maximum absolute atomic E-state index is 11.9. The van der Waals surface area contributed by atoms with E-state index in [0.29, 0.717) is 51.2 Å². The molecule has 156 valence electrons. The fraction of sp³-hybridized carbons (Fsp3) is 0.889. The van der Waals surface area contributed by atoms with Crippen molar-refractivity contribution >= 4 is 23.7 Å². The van der Waals surface area contributed by atoms with Crippen LogP contribution in [0, 0.1) is 0 Å². The zero-order valence-electron chi connectivity index (χ0n) is 16.5. The third-order valence-electron chi connectivity index (χ3n) is 5.45. The summed E-state index contributed by atoms with van der Waals surface area (Å²) in [7, 11) is 0. The molecule has 0 spiro atoms. The van der Waals surface area contributed by atoms with Gasteiger partial charge in [-0.1, -0.05) is 6.42 Å². The Bertz CT molecular complexity index is 510. The van der Waals surface area contributed by atoms with Crippen LogP contribution in [-0.2, 0) is 14.3 Å². The number of hydrogen-bond acceptors (Lipinski definition) is 6. The summed E-state index contributed by atoms with van der Waals surface area (Å²) >= 11 is 1.91. The van der Waals surface area contributed by atoms with E-state index in [2.05, 4.69) is 29.8 Å². The summed E-state index contributed by atoms with van der Waals surface area (Å²) in [6.45, 7) is 7.33. The molecule has 9 heteroatoms. The van der Waals surface area contributed by atoms with Gasteiger partial charge in [0.2, 0.25) is 5.91 Å². The van der Waals surface area contributed by atoms with Gasteiger partial charge in [0.1, 0.15) is 0 Å².